The summed E-state index contributed by atoms with van der Waals surface area (Å²) in [5, 5.41) is 5.46. The van der Waals surface area contributed by atoms with Gasteiger partial charge in [0.1, 0.15) is 6.04 Å². The number of nitrogens with one attached hydrogen (secondary N) is 2. The Balaban J connectivity index is 2.08. The second-order valence-electron chi connectivity index (χ2n) is 6.70. The Morgan fingerprint density at radius 2 is 2.04 bits per heavy atom. The molecular weight excluding hydrogens is 374 g/mol. The fourth-order valence-corrected chi connectivity index (χ4v) is 3.53. The van der Waals surface area contributed by atoms with Crippen molar-refractivity contribution in [3.8, 4) is 0 Å². The number of carbonyl (C=O) groups excluding carboxylic acids is 2. The SMILES string of the molecule is CNC(=O)[C@H](CC(C)C)NC(=O)Cc1nc(Br)n2c1CN(C)CC2. The Labute approximate surface area is 151 Å². The number of carbonyl (C=O) groups is 2. The summed E-state index contributed by atoms with van der Waals surface area (Å²) in [6, 6.07) is -0.507. The lowest BCUT2D eigenvalue weighted by Crippen LogP contribution is -2.47. The summed E-state index contributed by atoms with van der Waals surface area (Å²) in [5.41, 5.74) is 1.83. The predicted molar refractivity (Wildman–Crippen MR) is 95.4 cm³/mol. The summed E-state index contributed by atoms with van der Waals surface area (Å²) in [6.45, 7) is 6.64. The van der Waals surface area contributed by atoms with Gasteiger partial charge in [0.25, 0.3) is 0 Å². The maximum atomic E-state index is 12.4. The Bertz CT molecular complexity index is 614. The fraction of sp³-hybridized carbons (Fsp3) is 0.688. The van der Waals surface area contributed by atoms with Crippen LogP contribution in [0.1, 0.15) is 31.7 Å². The summed E-state index contributed by atoms with van der Waals surface area (Å²) < 4.78 is 2.87. The first-order valence-electron chi connectivity index (χ1n) is 8.25. The van der Waals surface area contributed by atoms with Crippen LogP contribution in [0.15, 0.2) is 4.73 Å². The second-order valence-corrected chi connectivity index (χ2v) is 7.41. The van der Waals surface area contributed by atoms with Crippen molar-refractivity contribution < 1.29 is 9.59 Å². The van der Waals surface area contributed by atoms with E-state index in [2.05, 4.69) is 48.1 Å². The minimum absolute atomic E-state index is 0.162. The Hall–Kier alpha value is -1.41. The molecule has 2 rings (SSSR count). The number of rotatable bonds is 6. The highest BCUT2D eigenvalue weighted by molar-refractivity contribution is 9.10. The van der Waals surface area contributed by atoms with E-state index in [0.29, 0.717) is 12.3 Å². The molecular formula is C16H26BrN5O2. The van der Waals surface area contributed by atoms with Crippen LogP contribution in [-0.4, -0.2) is 52.9 Å². The van der Waals surface area contributed by atoms with Crippen LogP contribution in [0.5, 0.6) is 0 Å². The first-order valence-corrected chi connectivity index (χ1v) is 9.04. The molecule has 0 aromatic carbocycles. The summed E-state index contributed by atoms with van der Waals surface area (Å²) in [6.07, 6.45) is 0.791. The van der Waals surface area contributed by atoms with E-state index in [1.165, 1.54) is 0 Å². The number of nitrogens with zero attached hydrogens (tertiary/aromatic N) is 3. The van der Waals surface area contributed by atoms with E-state index < -0.39 is 6.04 Å². The van der Waals surface area contributed by atoms with Crippen LogP contribution in [0.4, 0.5) is 0 Å². The molecule has 0 spiro atoms. The van der Waals surface area contributed by atoms with E-state index in [0.717, 1.165) is 35.8 Å². The van der Waals surface area contributed by atoms with Crippen LogP contribution in [0.3, 0.4) is 0 Å². The van der Waals surface area contributed by atoms with Crippen LogP contribution in [0.2, 0.25) is 0 Å². The van der Waals surface area contributed by atoms with Crippen LogP contribution >= 0.6 is 15.9 Å². The van der Waals surface area contributed by atoms with Gasteiger partial charge in [0.2, 0.25) is 11.8 Å². The first kappa shape index (κ1) is 18.9. The average Bonchev–Trinajstić information content (AvgIpc) is 2.80. The minimum atomic E-state index is -0.507. The lowest BCUT2D eigenvalue weighted by molar-refractivity contribution is -0.128. The maximum absolute atomic E-state index is 12.4. The zero-order chi connectivity index (χ0) is 17.9. The molecule has 134 valence electrons. The lowest BCUT2D eigenvalue weighted by Gasteiger charge is -2.25. The zero-order valence-electron chi connectivity index (χ0n) is 14.7. The van der Waals surface area contributed by atoms with Crippen molar-refractivity contribution in [2.45, 2.75) is 45.8 Å². The van der Waals surface area contributed by atoms with Gasteiger partial charge in [0, 0.05) is 26.7 Å². The number of aromatic nitrogens is 2. The first-order chi connectivity index (χ1) is 11.3. The number of fused-ring (bicyclic) bond motifs is 1. The molecule has 2 amide bonds. The molecule has 7 nitrogen and oxygen atoms in total. The van der Waals surface area contributed by atoms with Crippen molar-refractivity contribution in [2.75, 3.05) is 20.6 Å². The molecule has 0 unspecified atom stereocenters. The average molecular weight is 400 g/mol. The molecule has 0 bridgehead atoms. The summed E-state index contributed by atoms with van der Waals surface area (Å²) in [7, 11) is 3.64. The van der Waals surface area contributed by atoms with Gasteiger partial charge in [-0.05, 0) is 35.3 Å². The highest BCUT2D eigenvalue weighted by atomic mass is 79.9. The van der Waals surface area contributed by atoms with Gasteiger partial charge in [0.05, 0.1) is 17.8 Å². The van der Waals surface area contributed by atoms with Crippen LogP contribution in [0.25, 0.3) is 0 Å². The molecule has 0 fully saturated rings. The Morgan fingerprint density at radius 3 is 2.67 bits per heavy atom. The largest absolute Gasteiger partial charge is 0.357 e. The molecule has 8 heteroatoms. The van der Waals surface area contributed by atoms with E-state index in [4.69, 9.17) is 0 Å². The van der Waals surface area contributed by atoms with Crippen molar-refractivity contribution >= 4 is 27.7 Å². The van der Waals surface area contributed by atoms with Gasteiger partial charge < -0.3 is 15.2 Å². The third kappa shape index (κ3) is 4.57. The molecule has 0 saturated carbocycles. The summed E-state index contributed by atoms with van der Waals surface area (Å²) >= 11 is 3.47. The predicted octanol–water partition coefficient (Wildman–Crippen LogP) is 0.910. The monoisotopic (exact) mass is 399 g/mol. The Morgan fingerprint density at radius 1 is 1.33 bits per heavy atom. The number of halogens is 1. The highest BCUT2D eigenvalue weighted by Gasteiger charge is 2.25. The van der Waals surface area contributed by atoms with Gasteiger partial charge >= 0.3 is 0 Å². The highest BCUT2D eigenvalue weighted by Crippen LogP contribution is 2.22. The van der Waals surface area contributed by atoms with Gasteiger partial charge in [-0.3, -0.25) is 14.5 Å². The topological polar surface area (TPSA) is 79.3 Å². The van der Waals surface area contributed by atoms with E-state index in [1.807, 2.05) is 13.8 Å². The van der Waals surface area contributed by atoms with E-state index in [9.17, 15) is 9.59 Å². The minimum Gasteiger partial charge on any atom is -0.357 e. The van der Waals surface area contributed by atoms with Gasteiger partial charge in [-0.1, -0.05) is 13.8 Å². The van der Waals surface area contributed by atoms with Crippen molar-refractivity contribution in [1.29, 1.82) is 0 Å². The molecule has 1 aliphatic heterocycles. The zero-order valence-corrected chi connectivity index (χ0v) is 16.3. The van der Waals surface area contributed by atoms with Gasteiger partial charge in [0.15, 0.2) is 4.73 Å². The molecule has 1 aliphatic rings. The van der Waals surface area contributed by atoms with E-state index >= 15 is 0 Å². The lowest BCUT2D eigenvalue weighted by atomic mass is 10.0. The molecule has 0 saturated heterocycles. The molecule has 24 heavy (non-hydrogen) atoms. The maximum Gasteiger partial charge on any atom is 0.242 e. The van der Waals surface area contributed by atoms with Crippen molar-refractivity contribution in [1.82, 2.24) is 25.1 Å². The van der Waals surface area contributed by atoms with E-state index in [1.54, 1.807) is 7.05 Å². The number of likely N-dealkylation sites (N-methyl/N-ethyl adjacent to an activating group) is 2. The molecule has 1 atom stereocenters. The standard InChI is InChI=1S/C16H26BrN5O2/c1-10(2)7-12(15(24)18-3)19-14(23)8-11-13-9-21(4)5-6-22(13)16(17)20-11/h10,12H,5-9H2,1-4H3,(H,18,24)(H,19,23)/t12-/m0/s1. The summed E-state index contributed by atoms with van der Waals surface area (Å²) in [5.74, 6) is -0.0218. The summed E-state index contributed by atoms with van der Waals surface area (Å²) in [4.78, 5) is 31.1. The molecule has 1 aromatic rings. The molecule has 2 heterocycles. The molecule has 0 radical (unpaired) electrons. The Kier molecular flexibility index (Phi) is 6.40. The number of hydrogen-bond donors (Lipinski definition) is 2. The third-order valence-electron chi connectivity index (χ3n) is 4.17. The van der Waals surface area contributed by atoms with Crippen molar-refractivity contribution in [3.05, 3.63) is 16.1 Å². The molecule has 1 aromatic heterocycles. The van der Waals surface area contributed by atoms with Gasteiger partial charge in [-0.2, -0.15) is 0 Å². The van der Waals surface area contributed by atoms with Crippen molar-refractivity contribution in [2.24, 2.45) is 5.92 Å². The number of amides is 2. The second kappa shape index (κ2) is 8.11. The fourth-order valence-electron chi connectivity index (χ4n) is 2.93. The normalized spacial score (nSPS) is 15.9. The van der Waals surface area contributed by atoms with Crippen LogP contribution < -0.4 is 10.6 Å². The number of hydrogen-bond acceptors (Lipinski definition) is 4. The molecule has 2 N–H and O–H groups in total. The van der Waals surface area contributed by atoms with Gasteiger partial charge in [-0.15, -0.1) is 0 Å². The van der Waals surface area contributed by atoms with Crippen LogP contribution in [-0.2, 0) is 29.1 Å². The third-order valence-corrected chi connectivity index (χ3v) is 4.77. The van der Waals surface area contributed by atoms with Crippen LogP contribution in [0, 0.1) is 5.92 Å². The van der Waals surface area contributed by atoms with Crippen molar-refractivity contribution in [3.63, 3.8) is 0 Å². The molecule has 0 aliphatic carbocycles. The van der Waals surface area contributed by atoms with Gasteiger partial charge in [-0.25, -0.2) is 4.98 Å². The smallest absolute Gasteiger partial charge is 0.242 e. The number of imidazole rings is 1. The quantitative estimate of drug-likeness (QED) is 0.744. The van der Waals surface area contributed by atoms with E-state index in [-0.39, 0.29) is 18.2 Å².